The number of esters is 1. The summed E-state index contributed by atoms with van der Waals surface area (Å²) in [4.78, 5) is 35.6. The van der Waals surface area contributed by atoms with Crippen molar-refractivity contribution >= 4 is 23.6 Å². The highest BCUT2D eigenvalue weighted by Crippen LogP contribution is 2.32. The van der Waals surface area contributed by atoms with Gasteiger partial charge in [0.25, 0.3) is 5.91 Å². The zero-order chi connectivity index (χ0) is 20.6. The monoisotopic (exact) mass is 400 g/mol. The lowest BCUT2D eigenvalue weighted by molar-refractivity contribution is -0.147. The number of imide groups is 1. The second-order valence-corrected chi connectivity index (χ2v) is 6.05. The van der Waals surface area contributed by atoms with Gasteiger partial charge in [0.05, 0.1) is 13.5 Å². The third-order valence-electron chi connectivity index (χ3n) is 3.92. The molecule has 0 bridgehead atoms. The number of amides is 3. The Bertz CT molecular complexity index is 896. The molecule has 1 aliphatic rings. The Hall–Kier alpha value is -3.75. The molecule has 0 saturated carbocycles. The standard InChI is InChI=1S/C20H20N2O7/c1-26-15-5-2-13(3-6-15)10-19(24)29-12-18(23)22-20(25)21-14-4-7-16-17(11-14)28-9-8-27-16/h2-7,11H,8-10,12H2,1H3,(H2,21,22,23,25). The van der Waals surface area contributed by atoms with E-state index in [0.717, 1.165) is 0 Å². The van der Waals surface area contributed by atoms with Crippen molar-refractivity contribution in [1.82, 2.24) is 5.32 Å². The van der Waals surface area contributed by atoms with Crippen LogP contribution in [0.1, 0.15) is 5.56 Å². The summed E-state index contributed by atoms with van der Waals surface area (Å²) < 4.78 is 20.8. The van der Waals surface area contributed by atoms with Crippen molar-refractivity contribution in [2.24, 2.45) is 0 Å². The zero-order valence-electron chi connectivity index (χ0n) is 15.7. The van der Waals surface area contributed by atoms with E-state index in [-0.39, 0.29) is 6.42 Å². The lowest BCUT2D eigenvalue weighted by Gasteiger charge is -2.19. The summed E-state index contributed by atoms with van der Waals surface area (Å²) in [7, 11) is 1.55. The van der Waals surface area contributed by atoms with E-state index in [9.17, 15) is 14.4 Å². The molecule has 2 aromatic carbocycles. The second-order valence-electron chi connectivity index (χ2n) is 6.05. The van der Waals surface area contributed by atoms with E-state index in [2.05, 4.69) is 10.6 Å². The number of nitrogens with one attached hydrogen (secondary N) is 2. The normalized spacial score (nSPS) is 11.9. The Balaban J connectivity index is 1.41. The van der Waals surface area contributed by atoms with Crippen molar-refractivity contribution in [3.8, 4) is 17.2 Å². The molecule has 0 radical (unpaired) electrons. The van der Waals surface area contributed by atoms with Crippen LogP contribution in [0.15, 0.2) is 42.5 Å². The molecule has 0 spiro atoms. The minimum Gasteiger partial charge on any atom is -0.497 e. The van der Waals surface area contributed by atoms with Crippen LogP contribution >= 0.6 is 0 Å². The fourth-order valence-electron chi connectivity index (χ4n) is 2.55. The van der Waals surface area contributed by atoms with Gasteiger partial charge < -0.3 is 24.3 Å². The van der Waals surface area contributed by atoms with E-state index < -0.39 is 24.5 Å². The maximum atomic E-state index is 11.9. The van der Waals surface area contributed by atoms with Crippen LogP contribution in [0.3, 0.4) is 0 Å². The third-order valence-corrected chi connectivity index (χ3v) is 3.92. The molecule has 0 aliphatic carbocycles. The Morgan fingerprint density at radius 1 is 1.00 bits per heavy atom. The molecule has 3 amide bonds. The van der Waals surface area contributed by atoms with Gasteiger partial charge in [-0.3, -0.25) is 14.9 Å². The van der Waals surface area contributed by atoms with Crippen LogP contribution in [0, 0.1) is 0 Å². The first-order chi connectivity index (χ1) is 14.0. The van der Waals surface area contributed by atoms with Crippen LogP contribution in [0.2, 0.25) is 0 Å². The van der Waals surface area contributed by atoms with Gasteiger partial charge in [0, 0.05) is 11.8 Å². The van der Waals surface area contributed by atoms with Gasteiger partial charge >= 0.3 is 12.0 Å². The number of benzene rings is 2. The molecular weight excluding hydrogens is 380 g/mol. The summed E-state index contributed by atoms with van der Waals surface area (Å²) >= 11 is 0. The average Bonchev–Trinajstić information content (AvgIpc) is 2.72. The van der Waals surface area contributed by atoms with Crippen molar-refractivity contribution in [3.63, 3.8) is 0 Å². The molecule has 1 heterocycles. The second kappa shape index (κ2) is 9.45. The number of ether oxygens (including phenoxy) is 4. The number of hydrogen-bond acceptors (Lipinski definition) is 7. The van der Waals surface area contributed by atoms with Gasteiger partial charge in [0.2, 0.25) is 0 Å². The molecule has 9 heteroatoms. The summed E-state index contributed by atoms with van der Waals surface area (Å²) in [5.74, 6) is 0.432. The van der Waals surface area contributed by atoms with E-state index in [1.807, 2.05) is 0 Å². The highest BCUT2D eigenvalue weighted by molar-refractivity contribution is 6.02. The highest BCUT2D eigenvalue weighted by atomic mass is 16.6. The summed E-state index contributed by atoms with van der Waals surface area (Å²) in [6.07, 6.45) is 0.000662. The van der Waals surface area contributed by atoms with E-state index >= 15 is 0 Å². The fourth-order valence-corrected chi connectivity index (χ4v) is 2.55. The van der Waals surface area contributed by atoms with Crippen LogP contribution < -0.4 is 24.8 Å². The minimum absolute atomic E-state index is 0.000662. The number of rotatable bonds is 6. The van der Waals surface area contributed by atoms with Crippen molar-refractivity contribution < 1.29 is 33.3 Å². The summed E-state index contributed by atoms with van der Waals surface area (Å²) in [6.45, 7) is 0.318. The molecule has 1 aliphatic heterocycles. The first kappa shape index (κ1) is 20.0. The van der Waals surface area contributed by atoms with Gasteiger partial charge in [-0.1, -0.05) is 12.1 Å². The van der Waals surface area contributed by atoms with E-state index in [1.54, 1.807) is 49.6 Å². The first-order valence-corrected chi connectivity index (χ1v) is 8.82. The molecular formula is C20H20N2O7. The smallest absolute Gasteiger partial charge is 0.325 e. The topological polar surface area (TPSA) is 112 Å². The SMILES string of the molecule is COc1ccc(CC(=O)OCC(=O)NC(=O)Nc2ccc3c(c2)OCCO3)cc1. The number of fused-ring (bicyclic) bond motifs is 1. The zero-order valence-corrected chi connectivity index (χ0v) is 15.7. The van der Waals surface area contributed by atoms with Crippen LogP contribution in [-0.2, 0) is 20.7 Å². The highest BCUT2D eigenvalue weighted by Gasteiger charge is 2.15. The fraction of sp³-hybridized carbons (Fsp3) is 0.250. The Morgan fingerprint density at radius 3 is 2.45 bits per heavy atom. The predicted molar refractivity (Wildman–Crippen MR) is 102 cm³/mol. The molecule has 0 fully saturated rings. The largest absolute Gasteiger partial charge is 0.497 e. The van der Waals surface area contributed by atoms with Gasteiger partial charge in [-0.15, -0.1) is 0 Å². The van der Waals surface area contributed by atoms with E-state index in [4.69, 9.17) is 18.9 Å². The van der Waals surface area contributed by atoms with E-state index in [1.165, 1.54) is 0 Å². The van der Waals surface area contributed by atoms with Gasteiger partial charge in [0.1, 0.15) is 19.0 Å². The van der Waals surface area contributed by atoms with Gasteiger partial charge in [-0.2, -0.15) is 0 Å². The molecule has 0 aromatic heterocycles. The quantitative estimate of drug-likeness (QED) is 0.712. The summed E-state index contributed by atoms with van der Waals surface area (Å²) in [5.41, 5.74) is 1.14. The lowest BCUT2D eigenvalue weighted by atomic mass is 10.1. The molecule has 2 aromatic rings. The number of methoxy groups -OCH3 is 1. The van der Waals surface area contributed by atoms with Gasteiger partial charge in [0.15, 0.2) is 18.1 Å². The molecule has 3 rings (SSSR count). The third kappa shape index (κ3) is 5.86. The van der Waals surface area contributed by atoms with Crippen LogP contribution in [-0.4, -0.2) is 44.8 Å². The molecule has 0 atom stereocenters. The van der Waals surface area contributed by atoms with Crippen molar-refractivity contribution in [3.05, 3.63) is 48.0 Å². The average molecular weight is 400 g/mol. The molecule has 0 saturated heterocycles. The maximum Gasteiger partial charge on any atom is 0.325 e. The van der Waals surface area contributed by atoms with Crippen LogP contribution in [0.4, 0.5) is 10.5 Å². The van der Waals surface area contributed by atoms with E-state index in [0.29, 0.717) is 41.7 Å². The summed E-state index contributed by atoms with van der Waals surface area (Å²) in [6, 6.07) is 11.0. The summed E-state index contributed by atoms with van der Waals surface area (Å²) in [5, 5.41) is 4.59. The number of urea groups is 1. The Morgan fingerprint density at radius 2 is 1.72 bits per heavy atom. The molecule has 0 unspecified atom stereocenters. The van der Waals surface area contributed by atoms with Crippen molar-refractivity contribution in [1.29, 1.82) is 0 Å². The lowest BCUT2D eigenvalue weighted by Crippen LogP contribution is -2.37. The number of anilines is 1. The van der Waals surface area contributed by atoms with Gasteiger partial charge in [-0.25, -0.2) is 4.79 Å². The number of hydrogen-bond donors (Lipinski definition) is 2. The number of carbonyl (C=O) groups is 3. The number of carbonyl (C=O) groups excluding carboxylic acids is 3. The predicted octanol–water partition coefficient (Wildman–Crippen LogP) is 1.90. The van der Waals surface area contributed by atoms with Crippen LogP contribution in [0.25, 0.3) is 0 Å². The molecule has 9 nitrogen and oxygen atoms in total. The Labute approximate surface area is 166 Å². The molecule has 2 N–H and O–H groups in total. The Kier molecular flexibility index (Phi) is 6.51. The van der Waals surface area contributed by atoms with Gasteiger partial charge in [-0.05, 0) is 29.8 Å². The molecule has 152 valence electrons. The van der Waals surface area contributed by atoms with Crippen LogP contribution in [0.5, 0.6) is 17.2 Å². The minimum atomic E-state index is -0.752. The molecule has 29 heavy (non-hydrogen) atoms. The van der Waals surface area contributed by atoms with Crippen molar-refractivity contribution in [2.75, 3.05) is 32.2 Å². The van der Waals surface area contributed by atoms with Crippen molar-refractivity contribution in [2.45, 2.75) is 6.42 Å². The first-order valence-electron chi connectivity index (χ1n) is 8.82. The maximum absolute atomic E-state index is 11.9.